The van der Waals surface area contributed by atoms with Crippen LogP contribution in [0.15, 0.2) is 12.3 Å². The highest BCUT2D eigenvalue weighted by molar-refractivity contribution is 5.93. The van der Waals surface area contributed by atoms with Crippen molar-refractivity contribution < 1.29 is 4.79 Å². The van der Waals surface area contributed by atoms with Gasteiger partial charge < -0.3 is 15.6 Å². The second kappa shape index (κ2) is 6.64. The number of carbonyl (C=O) groups excluding carboxylic acids is 1. The number of nitrogen functional groups attached to an aromatic ring is 1. The molecule has 1 aromatic rings. The zero-order valence-electron chi connectivity index (χ0n) is 12.7. The van der Waals surface area contributed by atoms with Gasteiger partial charge in [-0.1, -0.05) is 27.7 Å². The zero-order valence-corrected chi connectivity index (χ0v) is 12.7. The summed E-state index contributed by atoms with van der Waals surface area (Å²) in [7, 11) is 0. The summed E-state index contributed by atoms with van der Waals surface area (Å²) in [6.45, 7) is 12.3. The normalized spacial score (nSPS) is 11.6. The smallest absolute Gasteiger partial charge is 0.267 e. The number of nitrogens with zero attached hydrogens (tertiary/aromatic N) is 1. The standard InChI is InChI=1S/C15H27N3O/c1-6-18-9-12(16)7-14(18)15(19)17-8-13(10(2)3)11(4)5/h7,9-11,13H,6,8,16H2,1-5H3,(H,17,19). The lowest BCUT2D eigenvalue weighted by Gasteiger charge is -2.25. The van der Waals surface area contributed by atoms with Gasteiger partial charge >= 0.3 is 0 Å². The average molecular weight is 265 g/mol. The number of aromatic nitrogens is 1. The Labute approximate surface area is 116 Å². The van der Waals surface area contributed by atoms with Crippen molar-refractivity contribution in [1.82, 2.24) is 9.88 Å². The highest BCUT2D eigenvalue weighted by Gasteiger charge is 2.19. The number of nitrogens with one attached hydrogen (secondary N) is 1. The van der Waals surface area contributed by atoms with E-state index in [-0.39, 0.29) is 5.91 Å². The van der Waals surface area contributed by atoms with E-state index in [9.17, 15) is 4.79 Å². The van der Waals surface area contributed by atoms with Gasteiger partial charge in [0.05, 0.1) is 5.69 Å². The molecule has 4 heteroatoms. The van der Waals surface area contributed by atoms with E-state index >= 15 is 0 Å². The molecule has 1 heterocycles. The Morgan fingerprint density at radius 1 is 1.32 bits per heavy atom. The van der Waals surface area contributed by atoms with Gasteiger partial charge in [0.1, 0.15) is 5.69 Å². The van der Waals surface area contributed by atoms with Crippen molar-refractivity contribution in [2.24, 2.45) is 17.8 Å². The fourth-order valence-corrected chi connectivity index (χ4v) is 2.53. The van der Waals surface area contributed by atoms with Gasteiger partial charge in [-0.2, -0.15) is 0 Å². The van der Waals surface area contributed by atoms with Crippen LogP contribution in [-0.2, 0) is 6.54 Å². The van der Waals surface area contributed by atoms with Crippen LogP contribution in [0.4, 0.5) is 5.69 Å². The molecule has 0 fully saturated rings. The fourth-order valence-electron chi connectivity index (χ4n) is 2.53. The quantitative estimate of drug-likeness (QED) is 0.831. The number of carbonyl (C=O) groups is 1. The van der Waals surface area contributed by atoms with Crippen molar-refractivity contribution in [2.45, 2.75) is 41.2 Å². The van der Waals surface area contributed by atoms with Crippen LogP contribution in [0.2, 0.25) is 0 Å². The molecule has 0 aliphatic carbocycles. The minimum Gasteiger partial charge on any atom is -0.397 e. The van der Waals surface area contributed by atoms with Crippen LogP contribution in [0.5, 0.6) is 0 Å². The molecule has 108 valence electrons. The number of nitrogens with two attached hydrogens (primary N) is 1. The highest BCUT2D eigenvalue weighted by atomic mass is 16.1. The SMILES string of the molecule is CCn1cc(N)cc1C(=O)NCC(C(C)C)C(C)C. The third kappa shape index (κ3) is 4.01. The van der Waals surface area contributed by atoms with Crippen LogP contribution in [-0.4, -0.2) is 17.0 Å². The Balaban J connectivity index is 2.69. The number of rotatable bonds is 6. The Morgan fingerprint density at radius 2 is 1.89 bits per heavy atom. The van der Waals surface area contributed by atoms with E-state index in [1.807, 2.05) is 11.5 Å². The average Bonchev–Trinajstić information content (AvgIpc) is 2.69. The summed E-state index contributed by atoms with van der Waals surface area (Å²) in [5, 5.41) is 3.03. The molecule has 0 saturated carbocycles. The van der Waals surface area contributed by atoms with E-state index in [0.717, 1.165) is 6.54 Å². The van der Waals surface area contributed by atoms with Gasteiger partial charge in [-0.05, 0) is 30.7 Å². The topological polar surface area (TPSA) is 60.0 Å². The molecule has 0 bridgehead atoms. The lowest BCUT2D eigenvalue weighted by atomic mass is 9.85. The van der Waals surface area contributed by atoms with E-state index in [1.54, 1.807) is 12.3 Å². The van der Waals surface area contributed by atoms with Gasteiger partial charge in [-0.3, -0.25) is 4.79 Å². The predicted octanol–water partition coefficient (Wildman–Crippen LogP) is 2.75. The van der Waals surface area contributed by atoms with E-state index in [2.05, 4.69) is 33.0 Å². The van der Waals surface area contributed by atoms with E-state index in [0.29, 0.717) is 35.7 Å². The van der Waals surface area contributed by atoms with Crippen molar-refractivity contribution in [3.8, 4) is 0 Å². The molecule has 0 saturated heterocycles. The molecule has 0 aromatic carbocycles. The van der Waals surface area contributed by atoms with Gasteiger partial charge in [0.15, 0.2) is 0 Å². The second-order valence-electron chi connectivity index (χ2n) is 5.81. The Bertz CT molecular complexity index is 413. The van der Waals surface area contributed by atoms with Crippen LogP contribution < -0.4 is 11.1 Å². The largest absolute Gasteiger partial charge is 0.397 e. The summed E-state index contributed by atoms with van der Waals surface area (Å²) < 4.78 is 1.88. The molecule has 1 amide bonds. The lowest BCUT2D eigenvalue weighted by Crippen LogP contribution is -2.34. The Kier molecular flexibility index (Phi) is 5.45. The van der Waals surface area contributed by atoms with Crippen molar-refractivity contribution in [3.63, 3.8) is 0 Å². The molecule has 1 rings (SSSR count). The molecule has 0 aliphatic rings. The highest BCUT2D eigenvalue weighted by Crippen LogP contribution is 2.19. The summed E-state index contributed by atoms with van der Waals surface area (Å²) in [6.07, 6.45) is 1.80. The number of anilines is 1. The van der Waals surface area contributed by atoms with E-state index in [4.69, 9.17) is 5.73 Å². The van der Waals surface area contributed by atoms with Crippen LogP contribution in [0.25, 0.3) is 0 Å². The third-order valence-corrected chi connectivity index (χ3v) is 3.70. The lowest BCUT2D eigenvalue weighted by molar-refractivity contribution is 0.0928. The first-order chi connectivity index (χ1) is 8.86. The molecule has 19 heavy (non-hydrogen) atoms. The van der Waals surface area contributed by atoms with Crippen molar-refractivity contribution in [3.05, 3.63) is 18.0 Å². The second-order valence-corrected chi connectivity index (χ2v) is 5.81. The minimum absolute atomic E-state index is 0.0372. The molecular formula is C15H27N3O. The van der Waals surface area contributed by atoms with Crippen LogP contribution in [0.1, 0.15) is 45.1 Å². The van der Waals surface area contributed by atoms with Gasteiger partial charge in [0, 0.05) is 19.3 Å². The first-order valence-corrected chi connectivity index (χ1v) is 7.10. The van der Waals surface area contributed by atoms with E-state index in [1.165, 1.54) is 0 Å². The van der Waals surface area contributed by atoms with Crippen LogP contribution >= 0.6 is 0 Å². The van der Waals surface area contributed by atoms with Crippen molar-refractivity contribution in [2.75, 3.05) is 12.3 Å². The molecule has 0 spiro atoms. The molecule has 3 N–H and O–H groups in total. The zero-order chi connectivity index (χ0) is 14.6. The number of hydrogen-bond acceptors (Lipinski definition) is 2. The van der Waals surface area contributed by atoms with Crippen molar-refractivity contribution >= 4 is 11.6 Å². The van der Waals surface area contributed by atoms with Gasteiger partial charge in [-0.15, -0.1) is 0 Å². The Hall–Kier alpha value is -1.45. The monoisotopic (exact) mass is 265 g/mol. The first-order valence-electron chi connectivity index (χ1n) is 7.10. The van der Waals surface area contributed by atoms with E-state index < -0.39 is 0 Å². The van der Waals surface area contributed by atoms with Gasteiger partial charge in [0.25, 0.3) is 5.91 Å². The third-order valence-electron chi connectivity index (χ3n) is 3.70. The summed E-state index contributed by atoms with van der Waals surface area (Å²) >= 11 is 0. The van der Waals surface area contributed by atoms with Crippen LogP contribution in [0, 0.1) is 17.8 Å². The molecular weight excluding hydrogens is 238 g/mol. The van der Waals surface area contributed by atoms with Gasteiger partial charge in [0.2, 0.25) is 0 Å². The fraction of sp³-hybridized carbons (Fsp3) is 0.667. The summed E-state index contributed by atoms with van der Waals surface area (Å²) in [6, 6.07) is 1.73. The maximum atomic E-state index is 12.2. The number of hydrogen-bond donors (Lipinski definition) is 2. The minimum atomic E-state index is -0.0372. The maximum Gasteiger partial charge on any atom is 0.267 e. The van der Waals surface area contributed by atoms with Crippen molar-refractivity contribution in [1.29, 1.82) is 0 Å². The number of amides is 1. The maximum absolute atomic E-state index is 12.2. The molecule has 0 unspecified atom stereocenters. The first kappa shape index (κ1) is 15.6. The van der Waals surface area contributed by atoms with Crippen LogP contribution in [0.3, 0.4) is 0 Å². The summed E-state index contributed by atoms with van der Waals surface area (Å²) in [5.74, 6) is 1.57. The molecule has 4 nitrogen and oxygen atoms in total. The molecule has 0 aliphatic heterocycles. The molecule has 1 aromatic heterocycles. The summed E-state index contributed by atoms with van der Waals surface area (Å²) in [5.41, 5.74) is 7.02. The molecule has 0 radical (unpaired) electrons. The molecule has 0 atom stereocenters. The summed E-state index contributed by atoms with van der Waals surface area (Å²) in [4.78, 5) is 12.2. The Morgan fingerprint density at radius 3 is 2.37 bits per heavy atom. The number of aryl methyl sites for hydroxylation is 1. The van der Waals surface area contributed by atoms with Gasteiger partial charge in [-0.25, -0.2) is 0 Å². The predicted molar refractivity (Wildman–Crippen MR) is 80.0 cm³/mol.